The molecule has 0 bridgehead atoms. The minimum absolute atomic E-state index is 0.0667. The van der Waals surface area contributed by atoms with Crippen molar-refractivity contribution in [2.45, 2.75) is 0 Å². The summed E-state index contributed by atoms with van der Waals surface area (Å²) in [4.78, 5) is 50.1. The number of hydrogen-bond donors (Lipinski definition) is 1. The number of esters is 1. The van der Waals surface area contributed by atoms with Crippen LogP contribution in [0, 0.1) is 0 Å². The maximum atomic E-state index is 12.5. The molecule has 1 aromatic carbocycles. The van der Waals surface area contributed by atoms with Crippen LogP contribution in [0.2, 0.25) is 0 Å². The molecule has 0 aliphatic carbocycles. The molecular formula is C18H13N5O4S. The predicted molar refractivity (Wildman–Crippen MR) is 101 cm³/mol. The van der Waals surface area contributed by atoms with Gasteiger partial charge in [-0.15, -0.1) is 11.3 Å². The van der Waals surface area contributed by atoms with Gasteiger partial charge in [0.2, 0.25) is 5.91 Å². The summed E-state index contributed by atoms with van der Waals surface area (Å²) >= 11 is 1.20. The first-order valence-electron chi connectivity index (χ1n) is 8.21. The minimum Gasteiger partial charge on any atom is -0.451 e. The number of carbonyl (C=O) groups is 3. The zero-order chi connectivity index (χ0) is 19.5. The second-order valence-electron chi connectivity index (χ2n) is 5.73. The Bertz CT molecular complexity index is 1050. The summed E-state index contributed by atoms with van der Waals surface area (Å²) in [5.74, 6) is -1.15. The molecule has 0 unspecified atom stereocenters. The van der Waals surface area contributed by atoms with E-state index in [1.54, 1.807) is 42.7 Å². The van der Waals surface area contributed by atoms with E-state index in [9.17, 15) is 14.4 Å². The minimum atomic E-state index is -0.735. The number of para-hydroxylation sites is 2. The van der Waals surface area contributed by atoms with E-state index in [0.29, 0.717) is 22.2 Å². The lowest BCUT2D eigenvalue weighted by atomic mass is 10.2. The maximum absolute atomic E-state index is 12.5. The zero-order valence-electron chi connectivity index (χ0n) is 14.4. The molecule has 1 aliphatic rings. The van der Waals surface area contributed by atoms with Crippen LogP contribution in [0.4, 0.5) is 11.4 Å². The van der Waals surface area contributed by atoms with Gasteiger partial charge < -0.3 is 10.1 Å². The van der Waals surface area contributed by atoms with Crippen molar-refractivity contribution in [1.82, 2.24) is 15.0 Å². The molecule has 0 fully saturated rings. The molecule has 0 radical (unpaired) electrons. The average molecular weight is 395 g/mol. The van der Waals surface area contributed by atoms with Crippen LogP contribution < -0.4 is 10.2 Å². The van der Waals surface area contributed by atoms with E-state index >= 15 is 0 Å². The standard InChI is InChI=1S/C18H13N5O4S/c24-14-8-23(13-5-2-1-4-11(13)21-14)15(25)9-27-18(26)12-10-28-17(22-12)16-19-6-3-7-20-16/h1-7,10H,8-9H2,(H,21,24). The number of nitrogens with zero attached hydrogens (tertiary/aromatic N) is 4. The fourth-order valence-corrected chi connectivity index (χ4v) is 3.35. The quantitative estimate of drug-likeness (QED) is 0.669. The smallest absolute Gasteiger partial charge is 0.358 e. The third kappa shape index (κ3) is 3.58. The summed E-state index contributed by atoms with van der Waals surface area (Å²) in [5.41, 5.74) is 1.16. The monoisotopic (exact) mass is 395 g/mol. The fourth-order valence-electron chi connectivity index (χ4n) is 2.61. The van der Waals surface area contributed by atoms with Crippen LogP contribution in [0.15, 0.2) is 48.1 Å². The van der Waals surface area contributed by atoms with Gasteiger partial charge in [0.05, 0.1) is 11.4 Å². The number of carbonyl (C=O) groups excluding carboxylic acids is 3. The average Bonchev–Trinajstić information content (AvgIpc) is 3.22. The highest BCUT2D eigenvalue weighted by molar-refractivity contribution is 7.13. The molecule has 9 nitrogen and oxygen atoms in total. The first-order valence-corrected chi connectivity index (χ1v) is 9.09. The summed E-state index contributed by atoms with van der Waals surface area (Å²) in [5, 5.41) is 4.68. The van der Waals surface area contributed by atoms with E-state index in [-0.39, 0.29) is 18.1 Å². The molecule has 3 heterocycles. The van der Waals surface area contributed by atoms with Crippen molar-refractivity contribution < 1.29 is 19.1 Å². The van der Waals surface area contributed by atoms with Gasteiger partial charge in [-0.1, -0.05) is 12.1 Å². The number of fused-ring (bicyclic) bond motifs is 1. The third-order valence-corrected chi connectivity index (χ3v) is 4.71. The van der Waals surface area contributed by atoms with Crippen LogP contribution in [0.25, 0.3) is 10.8 Å². The Hall–Kier alpha value is -3.66. The summed E-state index contributed by atoms with van der Waals surface area (Å²) in [6.07, 6.45) is 3.15. The Morgan fingerprint density at radius 1 is 1.18 bits per heavy atom. The van der Waals surface area contributed by atoms with E-state index in [0.717, 1.165) is 0 Å². The Balaban J connectivity index is 1.42. The Morgan fingerprint density at radius 2 is 1.96 bits per heavy atom. The summed E-state index contributed by atoms with van der Waals surface area (Å²) in [6, 6.07) is 8.59. The summed E-state index contributed by atoms with van der Waals surface area (Å²) in [6.45, 7) is -0.644. The van der Waals surface area contributed by atoms with E-state index in [4.69, 9.17) is 4.74 Å². The van der Waals surface area contributed by atoms with Crippen molar-refractivity contribution in [3.8, 4) is 10.8 Å². The number of amides is 2. The molecule has 140 valence electrons. The summed E-state index contributed by atoms with van der Waals surface area (Å²) in [7, 11) is 0. The molecule has 0 saturated carbocycles. The zero-order valence-corrected chi connectivity index (χ0v) is 15.2. The molecule has 0 atom stereocenters. The van der Waals surface area contributed by atoms with Gasteiger partial charge in [0.1, 0.15) is 6.54 Å². The number of ether oxygens (including phenoxy) is 1. The molecule has 0 saturated heterocycles. The molecule has 28 heavy (non-hydrogen) atoms. The van der Waals surface area contributed by atoms with Crippen molar-refractivity contribution in [3.05, 3.63) is 53.8 Å². The number of rotatable bonds is 4. The van der Waals surface area contributed by atoms with Crippen molar-refractivity contribution in [3.63, 3.8) is 0 Å². The second kappa shape index (κ2) is 7.53. The van der Waals surface area contributed by atoms with Gasteiger partial charge in [0.15, 0.2) is 23.1 Å². The Morgan fingerprint density at radius 3 is 2.79 bits per heavy atom. The Labute approximate surface area is 163 Å². The van der Waals surface area contributed by atoms with E-state index in [1.807, 2.05) is 0 Å². The highest BCUT2D eigenvalue weighted by Crippen LogP contribution is 2.29. The van der Waals surface area contributed by atoms with Gasteiger partial charge in [0.25, 0.3) is 5.91 Å². The first-order chi connectivity index (χ1) is 13.6. The number of thiazole rings is 1. The van der Waals surface area contributed by atoms with Crippen LogP contribution in [0.1, 0.15) is 10.5 Å². The molecule has 0 spiro atoms. The molecule has 1 aliphatic heterocycles. The lowest BCUT2D eigenvalue weighted by molar-refractivity contribution is -0.124. The van der Waals surface area contributed by atoms with Crippen molar-refractivity contribution in [1.29, 1.82) is 0 Å². The molecule has 1 N–H and O–H groups in total. The van der Waals surface area contributed by atoms with E-state index in [1.165, 1.54) is 21.6 Å². The van der Waals surface area contributed by atoms with Gasteiger partial charge in [0, 0.05) is 17.8 Å². The first kappa shape index (κ1) is 17.7. The molecule has 2 amide bonds. The number of benzene rings is 1. The van der Waals surface area contributed by atoms with Crippen molar-refractivity contribution in [2.75, 3.05) is 23.4 Å². The topological polar surface area (TPSA) is 114 Å². The van der Waals surface area contributed by atoms with Gasteiger partial charge in [-0.3, -0.25) is 14.5 Å². The fraction of sp³-hybridized carbons (Fsp3) is 0.111. The van der Waals surface area contributed by atoms with Gasteiger partial charge >= 0.3 is 5.97 Å². The van der Waals surface area contributed by atoms with Crippen LogP contribution in [-0.4, -0.2) is 45.9 Å². The predicted octanol–water partition coefficient (Wildman–Crippen LogP) is 1.74. The highest BCUT2D eigenvalue weighted by atomic mass is 32.1. The van der Waals surface area contributed by atoms with Crippen molar-refractivity contribution in [2.24, 2.45) is 0 Å². The second-order valence-corrected chi connectivity index (χ2v) is 6.59. The number of nitrogens with one attached hydrogen (secondary N) is 1. The lowest BCUT2D eigenvalue weighted by Crippen LogP contribution is -2.44. The largest absolute Gasteiger partial charge is 0.451 e. The maximum Gasteiger partial charge on any atom is 0.358 e. The molecule has 2 aromatic heterocycles. The van der Waals surface area contributed by atoms with E-state index in [2.05, 4.69) is 20.3 Å². The summed E-state index contributed by atoms with van der Waals surface area (Å²) < 4.78 is 5.08. The normalized spacial score (nSPS) is 12.9. The van der Waals surface area contributed by atoms with Gasteiger partial charge in [-0.25, -0.2) is 19.7 Å². The third-order valence-electron chi connectivity index (χ3n) is 3.87. The van der Waals surface area contributed by atoms with Crippen molar-refractivity contribution >= 4 is 40.5 Å². The lowest BCUT2D eigenvalue weighted by Gasteiger charge is -2.28. The van der Waals surface area contributed by atoms with Crippen LogP contribution in [0.5, 0.6) is 0 Å². The van der Waals surface area contributed by atoms with Crippen LogP contribution in [0.3, 0.4) is 0 Å². The highest BCUT2D eigenvalue weighted by Gasteiger charge is 2.27. The molecular weight excluding hydrogens is 382 g/mol. The molecule has 4 rings (SSSR count). The van der Waals surface area contributed by atoms with Crippen LogP contribution in [-0.2, 0) is 14.3 Å². The van der Waals surface area contributed by atoms with E-state index < -0.39 is 18.5 Å². The molecule has 10 heteroatoms. The number of hydrogen-bond acceptors (Lipinski definition) is 8. The van der Waals surface area contributed by atoms with Gasteiger partial charge in [-0.05, 0) is 18.2 Å². The van der Waals surface area contributed by atoms with Crippen LogP contribution >= 0.6 is 11.3 Å². The number of anilines is 2. The SMILES string of the molecule is O=C1CN(C(=O)COC(=O)c2csc(-c3ncccn3)n2)c2ccccc2N1. The Kier molecular flexibility index (Phi) is 4.77. The molecule has 3 aromatic rings. The number of aromatic nitrogens is 3. The van der Waals surface area contributed by atoms with Gasteiger partial charge in [-0.2, -0.15) is 0 Å².